The van der Waals surface area contributed by atoms with E-state index >= 15 is 0 Å². The maximum absolute atomic E-state index is 11.2. The molecule has 0 aliphatic rings. The minimum atomic E-state index is -4.18. The lowest BCUT2D eigenvalue weighted by Gasteiger charge is -2.25. The fraction of sp³-hybridized carbons (Fsp3) is 0.857. The SMILES string of the molecule is CC(C)(CS(=O)(=O)O)NC(=O)C(N)CO. The highest BCUT2D eigenvalue weighted by Crippen LogP contribution is 2.05. The number of carbonyl (C=O) groups is 1. The third-order valence-corrected chi connectivity index (χ3v) is 2.62. The summed E-state index contributed by atoms with van der Waals surface area (Å²) in [4.78, 5) is 11.2. The van der Waals surface area contributed by atoms with Crippen LogP contribution in [0.5, 0.6) is 0 Å². The zero-order valence-electron chi connectivity index (χ0n) is 8.60. The van der Waals surface area contributed by atoms with Crippen LogP contribution in [0, 0.1) is 0 Å². The highest BCUT2D eigenvalue weighted by molar-refractivity contribution is 7.85. The molecule has 0 bridgehead atoms. The van der Waals surface area contributed by atoms with Crippen LogP contribution in [0.3, 0.4) is 0 Å². The first-order chi connectivity index (χ1) is 6.57. The van der Waals surface area contributed by atoms with E-state index < -0.39 is 40.0 Å². The molecule has 0 spiro atoms. The number of aliphatic hydroxyl groups excluding tert-OH is 1. The Bertz CT molecular complexity index is 324. The van der Waals surface area contributed by atoms with Gasteiger partial charge in [0.2, 0.25) is 5.91 Å². The van der Waals surface area contributed by atoms with Crippen LogP contribution in [-0.4, -0.2) is 47.9 Å². The lowest BCUT2D eigenvalue weighted by atomic mass is 10.1. The van der Waals surface area contributed by atoms with Crippen LogP contribution in [0.25, 0.3) is 0 Å². The highest BCUT2D eigenvalue weighted by atomic mass is 32.2. The first-order valence-electron chi connectivity index (χ1n) is 4.21. The molecular formula is C7H16N2O5S. The molecule has 90 valence electrons. The number of rotatable bonds is 5. The maximum Gasteiger partial charge on any atom is 0.267 e. The molecule has 0 saturated carbocycles. The average molecular weight is 240 g/mol. The number of hydrogen-bond donors (Lipinski definition) is 4. The van der Waals surface area contributed by atoms with Crippen molar-refractivity contribution in [2.75, 3.05) is 12.4 Å². The summed E-state index contributed by atoms with van der Waals surface area (Å²) < 4.78 is 29.8. The fourth-order valence-electron chi connectivity index (χ4n) is 1.00. The molecule has 0 radical (unpaired) electrons. The van der Waals surface area contributed by atoms with Gasteiger partial charge in [0.25, 0.3) is 10.1 Å². The lowest BCUT2D eigenvalue weighted by Crippen LogP contribution is -2.54. The topological polar surface area (TPSA) is 130 Å². The number of amides is 1. The number of nitrogens with two attached hydrogens (primary N) is 1. The molecule has 0 heterocycles. The third kappa shape index (κ3) is 6.39. The molecule has 5 N–H and O–H groups in total. The molecule has 0 aromatic heterocycles. The molecular weight excluding hydrogens is 224 g/mol. The van der Waals surface area contributed by atoms with E-state index in [2.05, 4.69) is 5.32 Å². The quantitative estimate of drug-likeness (QED) is 0.415. The number of carbonyl (C=O) groups excluding carboxylic acids is 1. The normalized spacial score (nSPS) is 14.7. The Kier molecular flexibility index (Phi) is 4.65. The first-order valence-corrected chi connectivity index (χ1v) is 5.82. The van der Waals surface area contributed by atoms with E-state index in [0.717, 1.165) is 0 Å². The third-order valence-electron chi connectivity index (χ3n) is 1.54. The molecule has 8 heteroatoms. The van der Waals surface area contributed by atoms with Crippen molar-refractivity contribution in [3.05, 3.63) is 0 Å². The second kappa shape index (κ2) is 4.88. The average Bonchev–Trinajstić information content (AvgIpc) is 1.96. The van der Waals surface area contributed by atoms with Crippen molar-refractivity contribution in [2.45, 2.75) is 25.4 Å². The van der Waals surface area contributed by atoms with Crippen LogP contribution >= 0.6 is 0 Å². The summed E-state index contributed by atoms with van der Waals surface area (Å²) >= 11 is 0. The van der Waals surface area contributed by atoms with E-state index in [-0.39, 0.29) is 0 Å². The minimum absolute atomic E-state index is 0.534. The van der Waals surface area contributed by atoms with E-state index in [1.165, 1.54) is 13.8 Å². The summed E-state index contributed by atoms with van der Waals surface area (Å²) in [6.45, 7) is 2.30. The Morgan fingerprint density at radius 1 is 1.53 bits per heavy atom. The van der Waals surface area contributed by atoms with Crippen LogP contribution in [0.15, 0.2) is 0 Å². The fourth-order valence-corrected chi connectivity index (χ4v) is 1.99. The van der Waals surface area contributed by atoms with Crippen LogP contribution in [0.2, 0.25) is 0 Å². The van der Waals surface area contributed by atoms with Gasteiger partial charge in [0.1, 0.15) is 6.04 Å². The van der Waals surface area contributed by atoms with Crippen molar-refractivity contribution in [1.29, 1.82) is 0 Å². The zero-order chi connectivity index (χ0) is 12.3. The van der Waals surface area contributed by atoms with Gasteiger partial charge in [0, 0.05) is 0 Å². The Morgan fingerprint density at radius 2 is 2.00 bits per heavy atom. The van der Waals surface area contributed by atoms with Gasteiger partial charge in [0.05, 0.1) is 17.9 Å². The molecule has 0 rings (SSSR count). The summed E-state index contributed by atoms with van der Waals surface area (Å²) in [5.41, 5.74) is 4.07. The van der Waals surface area contributed by atoms with E-state index in [0.29, 0.717) is 0 Å². The molecule has 1 unspecified atom stereocenters. The summed E-state index contributed by atoms with van der Waals surface area (Å²) in [6.07, 6.45) is 0. The highest BCUT2D eigenvalue weighted by Gasteiger charge is 2.28. The van der Waals surface area contributed by atoms with Crippen molar-refractivity contribution >= 4 is 16.0 Å². The van der Waals surface area contributed by atoms with E-state index in [9.17, 15) is 13.2 Å². The summed E-state index contributed by atoms with van der Waals surface area (Å²) in [7, 11) is -4.18. The summed E-state index contributed by atoms with van der Waals surface area (Å²) in [6, 6.07) is -1.11. The van der Waals surface area contributed by atoms with Crippen molar-refractivity contribution in [2.24, 2.45) is 5.73 Å². The first kappa shape index (κ1) is 14.3. The molecule has 0 saturated heterocycles. The minimum Gasteiger partial charge on any atom is -0.394 e. The molecule has 0 fully saturated rings. The summed E-state index contributed by atoms with van der Waals surface area (Å²) in [5, 5.41) is 10.9. The molecule has 1 amide bonds. The van der Waals surface area contributed by atoms with Gasteiger partial charge in [0.15, 0.2) is 0 Å². The molecule has 0 aliphatic carbocycles. The van der Waals surface area contributed by atoms with Gasteiger partial charge in [-0.05, 0) is 13.8 Å². The van der Waals surface area contributed by atoms with Crippen LogP contribution in [0.1, 0.15) is 13.8 Å². The van der Waals surface area contributed by atoms with E-state index in [1.54, 1.807) is 0 Å². The van der Waals surface area contributed by atoms with Gasteiger partial charge >= 0.3 is 0 Å². The largest absolute Gasteiger partial charge is 0.394 e. The monoisotopic (exact) mass is 240 g/mol. The molecule has 15 heavy (non-hydrogen) atoms. The summed E-state index contributed by atoms with van der Waals surface area (Å²) in [5.74, 6) is -1.30. The number of nitrogens with one attached hydrogen (secondary N) is 1. The molecule has 7 nitrogen and oxygen atoms in total. The molecule has 0 aliphatic heterocycles. The molecule has 0 aromatic carbocycles. The van der Waals surface area contributed by atoms with Crippen molar-refractivity contribution in [3.8, 4) is 0 Å². The lowest BCUT2D eigenvalue weighted by molar-refractivity contribution is -0.124. The van der Waals surface area contributed by atoms with Crippen LogP contribution < -0.4 is 11.1 Å². The predicted molar refractivity (Wildman–Crippen MR) is 53.7 cm³/mol. The van der Waals surface area contributed by atoms with Gasteiger partial charge in [-0.3, -0.25) is 9.35 Å². The van der Waals surface area contributed by atoms with Crippen LogP contribution in [-0.2, 0) is 14.9 Å². The molecule has 0 aromatic rings. The second-order valence-corrected chi connectivity index (χ2v) is 5.34. The zero-order valence-corrected chi connectivity index (χ0v) is 9.41. The van der Waals surface area contributed by atoms with Crippen molar-refractivity contribution < 1.29 is 22.9 Å². The Hall–Kier alpha value is -0.700. The van der Waals surface area contributed by atoms with Crippen LogP contribution in [0.4, 0.5) is 0 Å². The second-order valence-electron chi connectivity index (χ2n) is 3.89. The predicted octanol–water partition coefficient (Wildman–Crippen LogP) is -1.91. The smallest absolute Gasteiger partial charge is 0.267 e. The standard InChI is InChI=1S/C7H16N2O5S/c1-7(2,4-15(12,13)14)9-6(11)5(8)3-10/h5,10H,3-4,8H2,1-2H3,(H,9,11)(H,12,13,14). The van der Waals surface area contributed by atoms with Gasteiger partial charge in [-0.1, -0.05) is 0 Å². The van der Waals surface area contributed by atoms with Gasteiger partial charge in [-0.25, -0.2) is 0 Å². The Morgan fingerprint density at radius 3 is 2.33 bits per heavy atom. The number of hydrogen-bond acceptors (Lipinski definition) is 5. The maximum atomic E-state index is 11.2. The van der Waals surface area contributed by atoms with Gasteiger partial charge in [-0.2, -0.15) is 8.42 Å². The van der Waals surface area contributed by atoms with Gasteiger partial charge in [-0.15, -0.1) is 0 Å². The number of aliphatic hydroxyl groups is 1. The van der Waals surface area contributed by atoms with Gasteiger partial charge < -0.3 is 16.2 Å². The van der Waals surface area contributed by atoms with Crippen molar-refractivity contribution in [3.63, 3.8) is 0 Å². The Labute approximate surface area is 88.4 Å². The molecule has 1 atom stereocenters. The van der Waals surface area contributed by atoms with E-state index in [4.69, 9.17) is 15.4 Å². The Balaban J connectivity index is 4.45. The van der Waals surface area contributed by atoms with E-state index in [1.807, 2.05) is 0 Å². The van der Waals surface area contributed by atoms with Crippen molar-refractivity contribution in [1.82, 2.24) is 5.32 Å².